The number of nitrogens with zero attached hydrogens (tertiary/aromatic N) is 1. The lowest BCUT2D eigenvalue weighted by Gasteiger charge is -2.37. The van der Waals surface area contributed by atoms with E-state index in [1.807, 2.05) is 0 Å². The highest BCUT2D eigenvalue weighted by molar-refractivity contribution is 7.93. The smallest absolute Gasteiger partial charge is 0.381 e. The van der Waals surface area contributed by atoms with Gasteiger partial charge in [-0.1, -0.05) is 13.0 Å². The summed E-state index contributed by atoms with van der Waals surface area (Å²) in [6.07, 6.45) is -1.36. The molecule has 0 spiro atoms. The summed E-state index contributed by atoms with van der Waals surface area (Å²) in [5.41, 5.74) is 0.446. The Balaban J connectivity index is 1.56. The van der Waals surface area contributed by atoms with E-state index < -0.39 is 32.2 Å². The molecule has 2 atom stereocenters. The van der Waals surface area contributed by atoms with Crippen LogP contribution >= 0.6 is 0 Å². The first-order valence-electron chi connectivity index (χ1n) is 11.6. The Morgan fingerprint density at radius 1 is 1.18 bits per heavy atom. The van der Waals surface area contributed by atoms with E-state index >= 15 is 0 Å². The van der Waals surface area contributed by atoms with Gasteiger partial charge in [-0.25, -0.2) is 8.42 Å². The average molecular weight is 489 g/mol. The van der Waals surface area contributed by atoms with E-state index in [2.05, 4.69) is 5.32 Å². The highest BCUT2D eigenvalue weighted by Gasteiger charge is 2.56. The SMILES string of the molecule is CCS(=O)(=O)[C@]1(C(=O)N2CCc3ccc(C(F)(F)F)cc3C2)CC[C@@H](NC2CCOCC2)C1. The number of rotatable bonds is 5. The second-order valence-corrected chi connectivity index (χ2v) is 11.9. The van der Waals surface area contributed by atoms with E-state index in [0.717, 1.165) is 30.5 Å². The van der Waals surface area contributed by atoms with Gasteiger partial charge in [-0.3, -0.25) is 4.79 Å². The summed E-state index contributed by atoms with van der Waals surface area (Å²) in [5, 5.41) is 3.53. The largest absolute Gasteiger partial charge is 0.416 e. The van der Waals surface area contributed by atoms with Crippen LogP contribution in [0.2, 0.25) is 0 Å². The molecule has 1 amide bonds. The molecule has 1 saturated heterocycles. The van der Waals surface area contributed by atoms with Gasteiger partial charge >= 0.3 is 6.18 Å². The molecule has 6 nitrogen and oxygen atoms in total. The Kier molecular flexibility index (Phi) is 6.81. The Bertz CT molecular complexity index is 992. The summed E-state index contributed by atoms with van der Waals surface area (Å²) in [7, 11) is -3.73. The summed E-state index contributed by atoms with van der Waals surface area (Å²) < 4.78 is 69.9. The lowest BCUT2D eigenvalue weighted by Crippen LogP contribution is -2.55. The summed E-state index contributed by atoms with van der Waals surface area (Å²) in [6, 6.07) is 3.75. The number of alkyl halides is 3. The van der Waals surface area contributed by atoms with Crippen molar-refractivity contribution in [2.24, 2.45) is 0 Å². The highest BCUT2D eigenvalue weighted by Crippen LogP contribution is 2.41. The monoisotopic (exact) mass is 488 g/mol. The third-order valence-electron chi connectivity index (χ3n) is 7.36. The van der Waals surface area contributed by atoms with Gasteiger partial charge in [0.1, 0.15) is 0 Å². The van der Waals surface area contributed by atoms with Crippen molar-refractivity contribution >= 4 is 15.7 Å². The van der Waals surface area contributed by atoms with Crippen molar-refractivity contribution < 1.29 is 31.1 Å². The summed E-state index contributed by atoms with van der Waals surface area (Å²) in [6.45, 7) is 3.17. The third-order valence-corrected chi connectivity index (χ3v) is 9.86. The molecule has 1 N–H and O–H groups in total. The maximum atomic E-state index is 13.7. The number of hydrogen-bond donors (Lipinski definition) is 1. The lowest BCUT2D eigenvalue weighted by molar-refractivity contribution is -0.137. The van der Waals surface area contributed by atoms with Crippen LogP contribution in [-0.4, -0.2) is 61.6 Å². The molecule has 184 valence electrons. The molecule has 0 radical (unpaired) electrons. The second kappa shape index (κ2) is 9.19. The molecular formula is C23H31F3N2O4S. The number of carbonyl (C=O) groups excluding carboxylic acids is 1. The number of carbonyl (C=O) groups is 1. The standard InChI is InChI=1S/C23H31F3N2O4S/c1-2-33(30,31)22(9-5-20(14-22)27-19-7-11-32-12-8-19)21(29)28-10-6-16-3-4-18(23(24,25)26)13-17(16)15-28/h3-4,13,19-20,27H,2,5-12,14-15H2,1H3/t20-,22-/m1/s1. The summed E-state index contributed by atoms with van der Waals surface area (Å²) in [4.78, 5) is 15.2. The van der Waals surface area contributed by atoms with E-state index in [4.69, 9.17) is 4.74 Å². The molecule has 2 aliphatic heterocycles. The van der Waals surface area contributed by atoms with Gasteiger partial charge in [0.15, 0.2) is 14.6 Å². The minimum absolute atomic E-state index is 0.00285. The zero-order chi connectivity index (χ0) is 23.9. The van der Waals surface area contributed by atoms with E-state index in [1.165, 1.54) is 11.0 Å². The molecule has 4 rings (SSSR count). The predicted molar refractivity (Wildman–Crippen MR) is 117 cm³/mol. The van der Waals surface area contributed by atoms with Crippen LogP contribution in [0.3, 0.4) is 0 Å². The number of sulfone groups is 1. The van der Waals surface area contributed by atoms with E-state index in [9.17, 15) is 26.4 Å². The minimum atomic E-state index is -4.47. The third kappa shape index (κ3) is 4.79. The van der Waals surface area contributed by atoms with Crippen molar-refractivity contribution in [1.82, 2.24) is 10.2 Å². The van der Waals surface area contributed by atoms with Gasteiger partial charge in [-0.15, -0.1) is 0 Å². The minimum Gasteiger partial charge on any atom is -0.381 e. The van der Waals surface area contributed by atoms with Gasteiger partial charge in [0.2, 0.25) is 5.91 Å². The molecule has 0 bridgehead atoms. The first-order chi connectivity index (χ1) is 15.6. The molecule has 0 aromatic heterocycles. The molecule has 1 aromatic rings. The Morgan fingerprint density at radius 2 is 1.91 bits per heavy atom. The van der Waals surface area contributed by atoms with Crippen LogP contribution in [0.5, 0.6) is 0 Å². The fraction of sp³-hybridized carbons (Fsp3) is 0.696. The van der Waals surface area contributed by atoms with Crippen molar-refractivity contribution in [1.29, 1.82) is 0 Å². The van der Waals surface area contributed by atoms with Gasteiger partial charge in [-0.05, 0) is 61.8 Å². The van der Waals surface area contributed by atoms with Crippen molar-refractivity contribution in [3.05, 3.63) is 34.9 Å². The zero-order valence-corrected chi connectivity index (χ0v) is 19.6. The molecule has 33 heavy (non-hydrogen) atoms. The first-order valence-corrected chi connectivity index (χ1v) is 13.3. The van der Waals surface area contributed by atoms with Crippen molar-refractivity contribution in [2.45, 2.75) is 75.0 Å². The van der Waals surface area contributed by atoms with E-state index in [-0.39, 0.29) is 37.2 Å². The molecule has 1 aliphatic carbocycles. The first kappa shape index (κ1) is 24.5. The molecule has 0 unspecified atom stereocenters. The van der Waals surface area contributed by atoms with Gasteiger partial charge in [0.25, 0.3) is 0 Å². The molecule has 2 fully saturated rings. The molecule has 1 aromatic carbocycles. The maximum Gasteiger partial charge on any atom is 0.416 e. The molecule has 1 saturated carbocycles. The summed E-state index contributed by atoms with van der Waals surface area (Å²) in [5.74, 6) is -0.616. The highest BCUT2D eigenvalue weighted by atomic mass is 32.2. The number of benzene rings is 1. The van der Waals surface area contributed by atoms with Gasteiger partial charge in [0.05, 0.1) is 5.56 Å². The van der Waals surface area contributed by atoms with Crippen molar-refractivity contribution in [3.8, 4) is 0 Å². The maximum absolute atomic E-state index is 13.7. The van der Waals surface area contributed by atoms with Gasteiger partial charge < -0.3 is 15.0 Å². The fourth-order valence-electron chi connectivity index (χ4n) is 5.43. The molecule has 2 heterocycles. The number of ether oxygens (including phenoxy) is 1. The average Bonchev–Trinajstić information content (AvgIpc) is 3.23. The van der Waals surface area contributed by atoms with Crippen LogP contribution in [0.1, 0.15) is 55.7 Å². The van der Waals surface area contributed by atoms with Gasteiger partial charge in [-0.2, -0.15) is 13.2 Å². The Labute approximate surface area is 192 Å². The number of nitrogens with one attached hydrogen (secondary N) is 1. The van der Waals surface area contributed by atoms with Crippen LogP contribution in [0.15, 0.2) is 18.2 Å². The van der Waals surface area contributed by atoms with Crippen LogP contribution in [0, 0.1) is 0 Å². The van der Waals surface area contributed by atoms with Crippen molar-refractivity contribution in [2.75, 3.05) is 25.5 Å². The zero-order valence-electron chi connectivity index (χ0n) is 18.8. The second-order valence-electron chi connectivity index (χ2n) is 9.35. The number of amides is 1. The number of fused-ring (bicyclic) bond motifs is 1. The van der Waals surface area contributed by atoms with Crippen LogP contribution < -0.4 is 5.32 Å². The molecular weight excluding hydrogens is 457 g/mol. The molecule has 10 heteroatoms. The van der Waals surface area contributed by atoms with Crippen LogP contribution in [0.25, 0.3) is 0 Å². The summed E-state index contributed by atoms with van der Waals surface area (Å²) >= 11 is 0. The van der Waals surface area contributed by atoms with E-state index in [1.54, 1.807) is 6.92 Å². The lowest BCUT2D eigenvalue weighted by atomic mass is 9.95. The number of halogens is 3. The Hall–Kier alpha value is -1.65. The normalized spacial score (nSPS) is 26.9. The topological polar surface area (TPSA) is 75.7 Å². The van der Waals surface area contributed by atoms with Crippen LogP contribution in [0.4, 0.5) is 13.2 Å². The fourth-order valence-corrected chi connectivity index (χ4v) is 7.26. The van der Waals surface area contributed by atoms with Gasteiger partial charge in [0, 0.05) is 44.1 Å². The number of hydrogen-bond acceptors (Lipinski definition) is 5. The predicted octanol–water partition coefficient (Wildman–Crippen LogP) is 3.08. The van der Waals surface area contributed by atoms with Crippen LogP contribution in [-0.2, 0) is 38.5 Å². The Morgan fingerprint density at radius 3 is 2.58 bits per heavy atom. The molecule has 3 aliphatic rings. The van der Waals surface area contributed by atoms with E-state index in [0.29, 0.717) is 38.2 Å². The van der Waals surface area contributed by atoms with Crippen molar-refractivity contribution in [3.63, 3.8) is 0 Å². The quantitative estimate of drug-likeness (QED) is 0.690.